The number of hydrogen-bond acceptors (Lipinski definition) is 2. The van der Waals surface area contributed by atoms with Crippen molar-refractivity contribution in [3.63, 3.8) is 0 Å². The Balaban J connectivity index is 1.93. The minimum atomic E-state index is 0.127. The average Bonchev–Trinajstić information content (AvgIpc) is 2.55. The van der Waals surface area contributed by atoms with Crippen molar-refractivity contribution in [1.82, 2.24) is 0 Å². The van der Waals surface area contributed by atoms with E-state index in [-0.39, 0.29) is 5.41 Å². The van der Waals surface area contributed by atoms with E-state index in [0.717, 1.165) is 6.42 Å². The summed E-state index contributed by atoms with van der Waals surface area (Å²) in [6.45, 7) is 6.99. The average molecular weight is 324 g/mol. The molecule has 0 aromatic heterocycles. The number of phenols is 2. The minimum absolute atomic E-state index is 0.127. The highest BCUT2D eigenvalue weighted by Gasteiger charge is 2.40. The summed E-state index contributed by atoms with van der Waals surface area (Å²) in [4.78, 5) is 0. The van der Waals surface area contributed by atoms with Crippen molar-refractivity contribution in [3.8, 4) is 11.5 Å². The van der Waals surface area contributed by atoms with Crippen LogP contribution in [0.1, 0.15) is 57.1 Å². The molecular formula is C22H28O2. The quantitative estimate of drug-likeness (QED) is 0.772. The molecule has 2 heteroatoms. The van der Waals surface area contributed by atoms with Crippen molar-refractivity contribution in [2.24, 2.45) is 11.8 Å². The molecule has 0 unspecified atom stereocenters. The van der Waals surface area contributed by atoms with Gasteiger partial charge >= 0.3 is 0 Å². The predicted molar refractivity (Wildman–Crippen MR) is 98.5 cm³/mol. The summed E-state index contributed by atoms with van der Waals surface area (Å²) >= 11 is 0. The van der Waals surface area contributed by atoms with Crippen molar-refractivity contribution in [1.29, 1.82) is 0 Å². The van der Waals surface area contributed by atoms with Gasteiger partial charge in [0.15, 0.2) is 0 Å². The Morgan fingerprint density at radius 3 is 2.00 bits per heavy atom. The zero-order valence-electron chi connectivity index (χ0n) is 14.9. The smallest absolute Gasteiger partial charge is 0.115 e. The third kappa shape index (κ3) is 3.28. The maximum atomic E-state index is 9.61. The standard InChI is InChI=1S/C22H28O2/c1-15(2)20-12-13-22(3,17-6-10-19(24)11-7-17)14-21(20)16-4-8-18(23)9-5-16/h4-11,15,20-21,23-24H,12-14H2,1-3H3/t20-,21-,22-/m0/s1. The molecule has 0 bridgehead atoms. The van der Waals surface area contributed by atoms with Crippen molar-refractivity contribution in [3.05, 3.63) is 59.7 Å². The van der Waals surface area contributed by atoms with E-state index in [0.29, 0.717) is 29.3 Å². The van der Waals surface area contributed by atoms with Crippen LogP contribution in [0.25, 0.3) is 0 Å². The summed E-state index contributed by atoms with van der Waals surface area (Å²) in [5.74, 6) is 2.47. The molecule has 0 heterocycles. The molecule has 1 aliphatic carbocycles. The lowest BCUT2D eigenvalue weighted by atomic mass is 9.59. The molecule has 1 fully saturated rings. The Kier molecular flexibility index (Phi) is 4.58. The molecule has 128 valence electrons. The largest absolute Gasteiger partial charge is 0.508 e. The van der Waals surface area contributed by atoms with Crippen LogP contribution >= 0.6 is 0 Å². The van der Waals surface area contributed by atoms with E-state index in [2.05, 4.69) is 45.0 Å². The molecule has 0 spiro atoms. The van der Waals surface area contributed by atoms with Crippen LogP contribution in [0.5, 0.6) is 11.5 Å². The predicted octanol–water partition coefficient (Wildman–Crippen LogP) is 5.60. The molecule has 2 aromatic rings. The van der Waals surface area contributed by atoms with E-state index in [1.165, 1.54) is 24.0 Å². The fourth-order valence-corrected chi connectivity index (χ4v) is 4.44. The zero-order valence-corrected chi connectivity index (χ0v) is 14.9. The molecule has 1 aliphatic rings. The molecule has 1 saturated carbocycles. The van der Waals surface area contributed by atoms with Crippen LogP contribution in [-0.2, 0) is 5.41 Å². The lowest BCUT2D eigenvalue weighted by Crippen LogP contribution is -2.35. The van der Waals surface area contributed by atoms with E-state index >= 15 is 0 Å². The topological polar surface area (TPSA) is 40.5 Å². The van der Waals surface area contributed by atoms with E-state index in [9.17, 15) is 10.2 Å². The Hall–Kier alpha value is -1.96. The third-order valence-corrected chi connectivity index (χ3v) is 5.96. The highest BCUT2D eigenvalue weighted by molar-refractivity contribution is 5.35. The minimum Gasteiger partial charge on any atom is -0.508 e. The zero-order chi connectivity index (χ0) is 17.3. The van der Waals surface area contributed by atoms with Crippen LogP contribution in [0.3, 0.4) is 0 Å². The van der Waals surface area contributed by atoms with Crippen LogP contribution in [-0.4, -0.2) is 10.2 Å². The van der Waals surface area contributed by atoms with Gasteiger partial charge in [-0.05, 0) is 77.8 Å². The van der Waals surface area contributed by atoms with Crippen LogP contribution in [0, 0.1) is 11.8 Å². The second-order valence-electron chi connectivity index (χ2n) is 7.96. The van der Waals surface area contributed by atoms with Gasteiger partial charge in [-0.2, -0.15) is 0 Å². The maximum Gasteiger partial charge on any atom is 0.115 e. The Labute approximate surface area is 145 Å². The highest BCUT2D eigenvalue weighted by Crippen LogP contribution is 2.50. The van der Waals surface area contributed by atoms with E-state index in [1.54, 1.807) is 24.3 Å². The van der Waals surface area contributed by atoms with Gasteiger partial charge in [0, 0.05) is 0 Å². The third-order valence-electron chi connectivity index (χ3n) is 5.96. The molecule has 24 heavy (non-hydrogen) atoms. The van der Waals surface area contributed by atoms with Crippen molar-refractivity contribution in [2.75, 3.05) is 0 Å². The van der Waals surface area contributed by atoms with Crippen LogP contribution in [0.4, 0.5) is 0 Å². The van der Waals surface area contributed by atoms with Gasteiger partial charge < -0.3 is 10.2 Å². The number of aromatic hydroxyl groups is 2. The SMILES string of the molecule is CC(C)[C@@H]1CC[C@](C)(c2ccc(O)cc2)C[C@H]1c1ccc(O)cc1. The fourth-order valence-electron chi connectivity index (χ4n) is 4.44. The van der Waals surface area contributed by atoms with Crippen molar-refractivity contribution >= 4 is 0 Å². The summed E-state index contributed by atoms with van der Waals surface area (Å²) in [5, 5.41) is 19.2. The van der Waals surface area contributed by atoms with E-state index in [4.69, 9.17) is 0 Å². The van der Waals surface area contributed by atoms with Crippen molar-refractivity contribution in [2.45, 2.75) is 51.4 Å². The Morgan fingerprint density at radius 1 is 0.917 bits per heavy atom. The molecular weight excluding hydrogens is 296 g/mol. The number of rotatable bonds is 3. The van der Waals surface area contributed by atoms with Gasteiger partial charge in [-0.15, -0.1) is 0 Å². The number of benzene rings is 2. The molecule has 3 rings (SSSR count). The van der Waals surface area contributed by atoms with Gasteiger partial charge in [0.05, 0.1) is 0 Å². The second kappa shape index (κ2) is 6.51. The summed E-state index contributed by atoms with van der Waals surface area (Å²) in [5.41, 5.74) is 2.77. The van der Waals surface area contributed by atoms with E-state index < -0.39 is 0 Å². The molecule has 2 N–H and O–H groups in total. The normalized spacial score (nSPS) is 27.3. The molecule has 0 saturated heterocycles. The summed E-state index contributed by atoms with van der Waals surface area (Å²) < 4.78 is 0. The van der Waals surface area contributed by atoms with Crippen molar-refractivity contribution < 1.29 is 10.2 Å². The van der Waals surface area contributed by atoms with Crippen LogP contribution in [0.15, 0.2) is 48.5 Å². The lowest BCUT2D eigenvalue weighted by molar-refractivity contribution is 0.171. The fraction of sp³-hybridized carbons (Fsp3) is 0.455. The van der Waals surface area contributed by atoms with E-state index in [1.807, 2.05) is 0 Å². The van der Waals surface area contributed by atoms with Gasteiger partial charge in [0.1, 0.15) is 11.5 Å². The lowest BCUT2D eigenvalue weighted by Gasteiger charge is -2.45. The first kappa shape index (κ1) is 16.9. The van der Waals surface area contributed by atoms with Crippen LogP contribution < -0.4 is 0 Å². The van der Waals surface area contributed by atoms with Gasteiger partial charge in [-0.3, -0.25) is 0 Å². The Morgan fingerprint density at radius 2 is 1.46 bits per heavy atom. The number of phenolic OH excluding ortho intramolecular Hbond substituents is 2. The molecule has 0 aliphatic heterocycles. The first-order valence-electron chi connectivity index (χ1n) is 8.97. The monoisotopic (exact) mass is 324 g/mol. The summed E-state index contributed by atoms with van der Waals surface area (Å²) in [6.07, 6.45) is 3.49. The summed E-state index contributed by atoms with van der Waals surface area (Å²) in [6, 6.07) is 15.5. The van der Waals surface area contributed by atoms with Crippen LogP contribution in [0.2, 0.25) is 0 Å². The first-order chi connectivity index (χ1) is 11.4. The molecule has 2 nitrogen and oxygen atoms in total. The van der Waals surface area contributed by atoms with Gasteiger partial charge in [-0.1, -0.05) is 45.0 Å². The summed E-state index contributed by atoms with van der Waals surface area (Å²) in [7, 11) is 0. The van der Waals surface area contributed by atoms with Gasteiger partial charge in [0.25, 0.3) is 0 Å². The molecule has 0 amide bonds. The maximum absolute atomic E-state index is 9.61. The molecule has 0 radical (unpaired) electrons. The van der Waals surface area contributed by atoms with Gasteiger partial charge in [0.2, 0.25) is 0 Å². The molecule has 3 atom stereocenters. The number of hydrogen-bond donors (Lipinski definition) is 2. The highest BCUT2D eigenvalue weighted by atomic mass is 16.3. The second-order valence-corrected chi connectivity index (χ2v) is 7.96. The Bertz CT molecular complexity index is 672. The first-order valence-corrected chi connectivity index (χ1v) is 8.97. The molecule has 2 aromatic carbocycles. The van der Waals surface area contributed by atoms with Gasteiger partial charge in [-0.25, -0.2) is 0 Å².